The lowest BCUT2D eigenvalue weighted by atomic mass is 10.1. The molecule has 0 fully saturated rings. The van der Waals surface area contributed by atoms with Crippen molar-refractivity contribution in [1.29, 1.82) is 0 Å². The van der Waals surface area contributed by atoms with Crippen molar-refractivity contribution in [3.8, 4) is 0 Å². The summed E-state index contributed by atoms with van der Waals surface area (Å²) in [6.45, 7) is -0.800. The predicted octanol–water partition coefficient (Wildman–Crippen LogP) is 2.30. The number of nitrogens with two attached hydrogens (primary N) is 1. The minimum absolute atomic E-state index is 0.215. The first-order valence-electron chi connectivity index (χ1n) is 5.13. The predicted molar refractivity (Wildman–Crippen MR) is 58.4 cm³/mol. The summed E-state index contributed by atoms with van der Waals surface area (Å²) in [4.78, 5) is 0. The third kappa shape index (κ3) is 4.60. The Bertz CT molecular complexity index is 338. The molecule has 0 spiro atoms. The van der Waals surface area contributed by atoms with Gasteiger partial charge in [-0.25, -0.2) is 8.78 Å². The minimum Gasteiger partial charge on any atom is -0.399 e. The van der Waals surface area contributed by atoms with Crippen LogP contribution in [-0.4, -0.2) is 25.4 Å². The maximum Gasteiger partial charge on any atom is 0.319 e. The van der Waals surface area contributed by atoms with Gasteiger partial charge in [-0.3, -0.25) is 0 Å². The highest BCUT2D eigenvalue weighted by Gasteiger charge is 2.39. The maximum absolute atomic E-state index is 12.5. The van der Waals surface area contributed by atoms with Gasteiger partial charge in [0.1, 0.15) is 0 Å². The molecule has 17 heavy (non-hydrogen) atoms. The van der Waals surface area contributed by atoms with E-state index in [0.29, 0.717) is 12.1 Å². The van der Waals surface area contributed by atoms with Crippen molar-refractivity contribution in [1.82, 2.24) is 5.32 Å². The summed E-state index contributed by atoms with van der Waals surface area (Å²) >= 11 is 0. The van der Waals surface area contributed by atoms with E-state index in [4.69, 9.17) is 5.73 Å². The van der Waals surface area contributed by atoms with E-state index in [1.54, 1.807) is 24.3 Å². The molecule has 6 heteroatoms. The van der Waals surface area contributed by atoms with Gasteiger partial charge in [0.2, 0.25) is 0 Å². The number of benzene rings is 1. The topological polar surface area (TPSA) is 38.0 Å². The van der Waals surface area contributed by atoms with E-state index in [2.05, 4.69) is 5.32 Å². The molecule has 1 aromatic rings. The average molecular weight is 250 g/mol. The number of halogens is 4. The van der Waals surface area contributed by atoms with Crippen LogP contribution in [0.3, 0.4) is 0 Å². The Balaban J connectivity index is 2.27. The molecule has 0 saturated carbocycles. The van der Waals surface area contributed by atoms with Gasteiger partial charge in [-0.05, 0) is 30.7 Å². The molecule has 0 radical (unpaired) electrons. The van der Waals surface area contributed by atoms with Crippen LogP contribution in [0.4, 0.5) is 23.2 Å². The molecular formula is C11H14F4N2. The highest BCUT2D eigenvalue weighted by Crippen LogP contribution is 2.21. The second-order valence-electron chi connectivity index (χ2n) is 3.73. The van der Waals surface area contributed by atoms with E-state index in [-0.39, 0.29) is 6.54 Å². The van der Waals surface area contributed by atoms with E-state index >= 15 is 0 Å². The molecule has 0 bridgehead atoms. The van der Waals surface area contributed by atoms with Gasteiger partial charge >= 0.3 is 12.3 Å². The fourth-order valence-electron chi connectivity index (χ4n) is 1.25. The number of rotatable bonds is 6. The Labute approximate surface area is 96.8 Å². The van der Waals surface area contributed by atoms with Crippen LogP contribution in [0.25, 0.3) is 0 Å². The first-order chi connectivity index (χ1) is 7.92. The second-order valence-corrected chi connectivity index (χ2v) is 3.73. The van der Waals surface area contributed by atoms with Gasteiger partial charge < -0.3 is 11.1 Å². The normalized spacial score (nSPS) is 12.1. The van der Waals surface area contributed by atoms with Gasteiger partial charge in [0, 0.05) is 5.69 Å². The first-order valence-corrected chi connectivity index (χ1v) is 5.13. The summed E-state index contributed by atoms with van der Waals surface area (Å²) in [5.74, 6) is -3.97. The van der Waals surface area contributed by atoms with E-state index < -0.39 is 18.9 Å². The summed E-state index contributed by atoms with van der Waals surface area (Å²) in [6.07, 6.45) is -3.15. The van der Waals surface area contributed by atoms with Crippen molar-refractivity contribution in [2.45, 2.75) is 18.8 Å². The van der Waals surface area contributed by atoms with E-state index in [0.717, 1.165) is 5.56 Å². The quantitative estimate of drug-likeness (QED) is 0.462. The van der Waals surface area contributed by atoms with Crippen LogP contribution in [-0.2, 0) is 6.42 Å². The highest BCUT2D eigenvalue weighted by molar-refractivity contribution is 5.39. The molecular weight excluding hydrogens is 236 g/mol. The summed E-state index contributed by atoms with van der Waals surface area (Å²) < 4.78 is 48.6. The number of hydrogen-bond acceptors (Lipinski definition) is 2. The smallest absolute Gasteiger partial charge is 0.319 e. The molecule has 96 valence electrons. The van der Waals surface area contributed by atoms with E-state index in [1.807, 2.05) is 0 Å². The molecule has 1 aromatic carbocycles. The zero-order valence-electron chi connectivity index (χ0n) is 9.10. The average Bonchev–Trinajstić information content (AvgIpc) is 2.26. The van der Waals surface area contributed by atoms with Gasteiger partial charge in [0.25, 0.3) is 0 Å². The number of anilines is 1. The second kappa shape index (κ2) is 5.86. The Hall–Kier alpha value is -1.30. The van der Waals surface area contributed by atoms with Gasteiger partial charge in [0.15, 0.2) is 0 Å². The third-order valence-electron chi connectivity index (χ3n) is 2.25. The number of alkyl halides is 4. The molecule has 0 aromatic heterocycles. The van der Waals surface area contributed by atoms with Crippen LogP contribution in [0.1, 0.15) is 5.56 Å². The van der Waals surface area contributed by atoms with Gasteiger partial charge in [-0.15, -0.1) is 0 Å². The fourth-order valence-corrected chi connectivity index (χ4v) is 1.25. The first kappa shape index (κ1) is 13.8. The number of nitrogen functional groups attached to an aromatic ring is 1. The minimum atomic E-state index is -3.97. The summed E-state index contributed by atoms with van der Waals surface area (Å²) in [5, 5.41) is 2.31. The Morgan fingerprint density at radius 3 is 2.29 bits per heavy atom. The van der Waals surface area contributed by atoms with Crippen LogP contribution in [0.15, 0.2) is 24.3 Å². The van der Waals surface area contributed by atoms with Gasteiger partial charge in [0.05, 0.1) is 6.54 Å². The highest BCUT2D eigenvalue weighted by atomic mass is 19.3. The lowest BCUT2D eigenvalue weighted by Gasteiger charge is -2.15. The molecule has 0 atom stereocenters. The molecule has 0 saturated heterocycles. The summed E-state index contributed by atoms with van der Waals surface area (Å²) in [7, 11) is 0. The molecule has 1 rings (SSSR count). The molecule has 3 N–H and O–H groups in total. The van der Waals surface area contributed by atoms with Crippen molar-refractivity contribution in [3.63, 3.8) is 0 Å². The zero-order chi connectivity index (χ0) is 12.9. The lowest BCUT2D eigenvalue weighted by molar-refractivity contribution is -0.125. The molecule has 0 unspecified atom stereocenters. The van der Waals surface area contributed by atoms with Crippen molar-refractivity contribution < 1.29 is 17.6 Å². The standard InChI is InChI=1S/C11H14F4N2/c12-10(13)11(14,15)7-17-6-5-8-1-3-9(16)4-2-8/h1-4,10,17H,5-7,16H2. The molecule has 2 nitrogen and oxygen atoms in total. The number of hydrogen-bond donors (Lipinski definition) is 2. The Morgan fingerprint density at radius 1 is 1.18 bits per heavy atom. The van der Waals surface area contributed by atoms with Crippen LogP contribution in [0.5, 0.6) is 0 Å². The zero-order valence-corrected chi connectivity index (χ0v) is 9.10. The SMILES string of the molecule is Nc1ccc(CCNCC(F)(F)C(F)F)cc1. The van der Waals surface area contributed by atoms with Crippen LogP contribution in [0, 0.1) is 0 Å². The monoisotopic (exact) mass is 250 g/mol. The fraction of sp³-hybridized carbons (Fsp3) is 0.455. The molecule has 0 aliphatic rings. The number of nitrogens with one attached hydrogen (secondary N) is 1. The van der Waals surface area contributed by atoms with Crippen LogP contribution < -0.4 is 11.1 Å². The third-order valence-corrected chi connectivity index (χ3v) is 2.25. The molecule has 0 heterocycles. The molecule has 0 aliphatic carbocycles. The Morgan fingerprint density at radius 2 is 1.76 bits per heavy atom. The van der Waals surface area contributed by atoms with Crippen LogP contribution >= 0.6 is 0 Å². The van der Waals surface area contributed by atoms with Gasteiger partial charge in [-0.1, -0.05) is 12.1 Å². The largest absolute Gasteiger partial charge is 0.399 e. The lowest BCUT2D eigenvalue weighted by Crippen LogP contribution is -2.39. The van der Waals surface area contributed by atoms with Crippen LogP contribution in [0.2, 0.25) is 0 Å². The maximum atomic E-state index is 12.5. The molecule has 0 amide bonds. The molecule has 0 aliphatic heterocycles. The van der Waals surface area contributed by atoms with Crippen molar-refractivity contribution in [2.24, 2.45) is 0 Å². The summed E-state index contributed by atoms with van der Waals surface area (Å²) in [6, 6.07) is 6.93. The van der Waals surface area contributed by atoms with Gasteiger partial charge in [-0.2, -0.15) is 8.78 Å². The summed E-state index contributed by atoms with van der Waals surface area (Å²) in [5.41, 5.74) is 7.00. The van der Waals surface area contributed by atoms with E-state index in [9.17, 15) is 17.6 Å². The van der Waals surface area contributed by atoms with Crippen molar-refractivity contribution in [3.05, 3.63) is 29.8 Å². The van der Waals surface area contributed by atoms with Crippen molar-refractivity contribution in [2.75, 3.05) is 18.8 Å². The van der Waals surface area contributed by atoms with Crippen molar-refractivity contribution >= 4 is 5.69 Å². The van der Waals surface area contributed by atoms with E-state index in [1.165, 1.54) is 0 Å². The Kier molecular flexibility index (Phi) is 4.74.